The standard InChI is InChI=1S/C13H23N5O/c1-4-6-14-12(19)9-16-11-8-10(3)17-13(18-11)15-7-5-2/h8H,4-7,9H2,1-3H3,(H,14,19)(H2,15,16,17,18). The van der Waals surface area contributed by atoms with Crippen LogP contribution in [0.5, 0.6) is 0 Å². The first-order valence-electron chi connectivity index (χ1n) is 6.75. The summed E-state index contributed by atoms with van der Waals surface area (Å²) in [5.41, 5.74) is 0.866. The Morgan fingerprint density at radius 1 is 1.16 bits per heavy atom. The molecular weight excluding hydrogens is 242 g/mol. The largest absolute Gasteiger partial charge is 0.361 e. The number of anilines is 2. The van der Waals surface area contributed by atoms with E-state index in [9.17, 15) is 4.79 Å². The topological polar surface area (TPSA) is 78.9 Å². The minimum atomic E-state index is -0.0267. The molecule has 1 aromatic rings. The molecule has 6 heteroatoms. The zero-order valence-corrected chi connectivity index (χ0v) is 11.9. The predicted molar refractivity (Wildman–Crippen MR) is 77.3 cm³/mol. The molecule has 106 valence electrons. The van der Waals surface area contributed by atoms with Gasteiger partial charge in [-0.3, -0.25) is 4.79 Å². The van der Waals surface area contributed by atoms with Crippen molar-refractivity contribution in [3.8, 4) is 0 Å². The van der Waals surface area contributed by atoms with E-state index < -0.39 is 0 Å². The Kier molecular flexibility index (Phi) is 6.63. The number of hydrogen-bond acceptors (Lipinski definition) is 5. The second kappa shape index (κ2) is 8.29. The number of carbonyl (C=O) groups is 1. The van der Waals surface area contributed by atoms with Gasteiger partial charge in [-0.2, -0.15) is 4.98 Å². The second-order valence-electron chi connectivity index (χ2n) is 4.35. The SMILES string of the molecule is CCCNC(=O)CNc1cc(C)nc(NCCC)n1. The Balaban J connectivity index is 2.52. The number of amides is 1. The molecule has 0 bridgehead atoms. The van der Waals surface area contributed by atoms with E-state index in [1.807, 2.05) is 19.9 Å². The molecule has 6 nitrogen and oxygen atoms in total. The van der Waals surface area contributed by atoms with Gasteiger partial charge in [-0.1, -0.05) is 13.8 Å². The fraction of sp³-hybridized carbons (Fsp3) is 0.615. The smallest absolute Gasteiger partial charge is 0.239 e. The van der Waals surface area contributed by atoms with Gasteiger partial charge in [0, 0.05) is 24.8 Å². The number of carbonyl (C=O) groups excluding carboxylic acids is 1. The third kappa shape index (κ3) is 6.03. The van der Waals surface area contributed by atoms with E-state index in [-0.39, 0.29) is 12.5 Å². The summed E-state index contributed by atoms with van der Waals surface area (Å²) in [6.45, 7) is 7.77. The molecule has 1 heterocycles. The van der Waals surface area contributed by atoms with Crippen molar-refractivity contribution in [2.75, 3.05) is 30.3 Å². The molecule has 19 heavy (non-hydrogen) atoms. The van der Waals surface area contributed by atoms with Crippen molar-refractivity contribution in [3.63, 3.8) is 0 Å². The monoisotopic (exact) mass is 265 g/mol. The maximum atomic E-state index is 11.5. The Labute approximate surface area is 114 Å². The van der Waals surface area contributed by atoms with Crippen molar-refractivity contribution >= 4 is 17.7 Å². The molecule has 3 N–H and O–H groups in total. The highest BCUT2D eigenvalue weighted by Crippen LogP contribution is 2.09. The van der Waals surface area contributed by atoms with Crippen LogP contribution in [0.1, 0.15) is 32.4 Å². The first kappa shape index (κ1) is 15.2. The predicted octanol–water partition coefficient (Wildman–Crippen LogP) is 1.55. The average molecular weight is 265 g/mol. The lowest BCUT2D eigenvalue weighted by atomic mass is 10.4. The summed E-state index contributed by atoms with van der Waals surface area (Å²) in [4.78, 5) is 20.1. The number of rotatable bonds is 8. The van der Waals surface area contributed by atoms with Gasteiger partial charge < -0.3 is 16.0 Å². The molecule has 0 unspecified atom stereocenters. The van der Waals surface area contributed by atoms with Crippen LogP contribution in [0.3, 0.4) is 0 Å². The summed E-state index contributed by atoms with van der Waals surface area (Å²) >= 11 is 0. The first-order valence-corrected chi connectivity index (χ1v) is 6.75. The van der Waals surface area contributed by atoms with E-state index >= 15 is 0 Å². The van der Waals surface area contributed by atoms with Gasteiger partial charge in [0.25, 0.3) is 0 Å². The first-order chi connectivity index (χ1) is 9.15. The highest BCUT2D eigenvalue weighted by atomic mass is 16.1. The Morgan fingerprint density at radius 3 is 2.58 bits per heavy atom. The number of nitrogens with one attached hydrogen (secondary N) is 3. The minimum Gasteiger partial charge on any atom is -0.361 e. The van der Waals surface area contributed by atoms with Gasteiger partial charge in [0.15, 0.2) is 0 Å². The van der Waals surface area contributed by atoms with E-state index in [1.165, 1.54) is 0 Å². The Hall–Kier alpha value is -1.85. The molecule has 1 aromatic heterocycles. The van der Waals surface area contributed by atoms with E-state index in [4.69, 9.17) is 0 Å². The Bertz CT molecular complexity index is 408. The van der Waals surface area contributed by atoms with Crippen LogP contribution < -0.4 is 16.0 Å². The van der Waals surface area contributed by atoms with Gasteiger partial charge in [0.1, 0.15) is 5.82 Å². The zero-order valence-electron chi connectivity index (χ0n) is 11.9. The maximum Gasteiger partial charge on any atom is 0.239 e. The van der Waals surface area contributed by atoms with E-state index in [0.717, 1.165) is 25.1 Å². The summed E-state index contributed by atoms with van der Waals surface area (Å²) < 4.78 is 0. The van der Waals surface area contributed by atoms with Crippen LogP contribution in [0.25, 0.3) is 0 Å². The third-order valence-electron chi connectivity index (χ3n) is 2.39. The van der Waals surface area contributed by atoms with Crippen LogP contribution in [-0.4, -0.2) is 35.5 Å². The average Bonchev–Trinajstić information content (AvgIpc) is 2.40. The zero-order chi connectivity index (χ0) is 14.1. The second-order valence-corrected chi connectivity index (χ2v) is 4.35. The van der Waals surface area contributed by atoms with Crippen LogP contribution in [0.4, 0.5) is 11.8 Å². The van der Waals surface area contributed by atoms with Crippen LogP contribution in [0.15, 0.2) is 6.07 Å². The molecule has 0 saturated carbocycles. The summed E-state index contributed by atoms with van der Waals surface area (Å²) in [5.74, 6) is 1.23. The number of aromatic nitrogens is 2. The lowest BCUT2D eigenvalue weighted by Crippen LogP contribution is -2.30. The number of aryl methyl sites for hydroxylation is 1. The van der Waals surface area contributed by atoms with Gasteiger partial charge in [-0.05, 0) is 19.8 Å². The lowest BCUT2D eigenvalue weighted by Gasteiger charge is -2.09. The summed E-state index contributed by atoms with van der Waals surface area (Å²) in [7, 11) is 0. The molecule has 0 aliphatic carbocycles. The summed E-state index contributed by atoms with van der Waals surface area (Å²) in [5, 5.41) is 8.95. The van der Waals surface area contributed by atoms with Crippen LogP contribution in [-0.2, 0) is 4.79 Å². The molecule has 0 aliphatic heterocycles. The number of nitrogens with zero attached hydrogens (tertiary/aromatic N) is 2. The van der Waals surface area contributed by atoms with Crippen molar-refractivity contribution in [1.29, 1.82) is 0 Å². The van der Waals surface area contributed by atoms with Crippen molar-refractivity contribution in [1.82, 2.24) is 15.3 Å². The summed E-state index contributed by atoms with van der Waals surface area (Å²) in [6.07, 6.45) is 1.95. The van der Waals surface area contributed by atoms with Gasteiger partial charge >= 0.3 is 0 Å². The Morgan fingerprint density at radius 2 is 1.89 bits per heavy atom. The highest BCUT2D eigenvalue weighted by molar-refractivity contribution is 5.80. The van der Waals surface area contributed by atoms with Crippen molar-refractivity contribution in [3.05, 3.63) is 11.8 Å². The molecule has 0 spiro atoms. The lowest BCUT2D eigenvalue weighted by molar-refractivity contribution is -0.119. The quantitative estimate of drug-likeness (QED) is 0.664. The molecule has 0 aromatic carbocycles. The van der Waals surface area contributed by atoms with Gasteiger partial charge in [-0.15, -0.1) is 0 Å². The van der Waals surface area contributed by atoms with E-state index in [2.05, 4.69) is 32.8 Å². The molecule has 1 amide bonds. The van der Waals surface area contributed by atoms with Gasteiger partial charge in [0.2, 0.25) is 11.9 Å². The van der Waals surface area contributed by atoms with E-state index in [1.54, 1.807) is 0 Å². The fourth-order valence-electron chi connectivity index (χ4n) is 1.47. The molecule has 0 radical (unpaired) electrons. The number of hydrogen-bond donors (Lipinski definition) is 3. The van der Waals surface area contributed by atoms with Crippen molar-refractivity contribution in [2.24, 2.45) is 0 Å². The van der Waals surface area contributed by atoms with Crippen LogP contribution in [0.2, 0.25) is 0 Å². The molecule has 0 fully saturated rings. The van der Waals surface area contributed by atoms with Gasteiger partial charge in [-0.25, -0.2) is 4.98 Å². The highest BCUT2D eigenvalue weighted by Gasteiger charge is 2.04. The molecule has 1 rings (SSSR count). The third-order valence-corrected chi connectivity index (χ3v) is 2.39. The van der Waals surface area contributed by atoms with Crippen molar-refractivity contribution < 1.29 is 4.79 Å². The maximum absolute atomic E-state index is 11.5. The van der Waals surface area contributed by atoms with E-state index in [0.29, 0.717) is 18.3 Å². The normalized spacial score (nSPS) is 10.1. The van der Waals surface area contributed by atoms with Gasteiger partial charge in [0.05, 0.1) is 6.54 Å². The van der Waals surface area contributed by atoms with Crippen LogP contribution >= 0.6 is 0 Å². The molecule has 0 saturated heterocycles. The molecular formula is C13H23N5O. The minimum absolute atomic E-state index is 0.0267. The summed E-state index contributed by atoms with van der Waals surface area (Å²) in [6, 6.07) is 1.82. The fourth-order valence-corrected chi connectivity index (χ4v) is 1.47. The molecule has 0 atom stereocenters. The van der Waals surface area contributed by atoms with Crippen molar-refractivity contribution in [2.45, 2.75) is 33.6 Å². The van der Waals surface area contributed by atoms with Crippen LogP contribution in [0, 0.1) is 6.92 Å². The molecule has 0 aliphatic rings.